The highest BCUT2D eigenvalue weighted by atomic mass is 35.5. The summed E-state index contributed by atoms with van der Waals surface area (Å²) >= 11 is 8.06. The average molecular weight is 816 g/mol. The van der Waals surface area contributed by atoms with Crippen LogP contribution in [0, 0.1) is 5.92 Å². The number of halogens is 1. The Morgan fingerprint density at radius 1 is 1.11 bits per heavy atom. The molecule has 1 aliphatic heterocycles. The number of epoxide rings is 1. The second kappa shape index (κ2) is 22.5. The molecule has 0 saturated carbocycles. The molecule has 8 atom stereocenters. The molecule has 0 aromatic heterocycles. The zero-order valence-electron chi connectivity index (χ0n) is 33.2. The summed E-state index contributed by atoms with van der Waals surface area (Å²) in [7, 11) is 6.11. The third-order valence-corrected chi connectivity index (χ3v) is 11.1. The summed E-state index contributed by atoms with van der Waals surface area (Å²) in [5.41, 5.74) is 6.51. The quantitative estimate of drug-likeness (QED) is 0.0216. The molecule has 17 heteroatoms. The number of likely N-dealkylation sites (N-methyl/N-ethyl adjacent to an activating group) is 1. The lowest BCUT2D eigenvalue weighted by Crippen LogP contribution is -2.47. The van der Waals surface area contributed by atoms with Crippen LogP contribution >= 0.6 is 23.4 Å². The Morgan fingerprint density at radius 3 is 2.35 bits per heavy atom. The van der Waals surface area contributed by atoms with Gasteiger partial charge in [0.2, 0.25) is 11.8 Å². The van der Waals surface area contributed by atoms with Gasteiger partial charge in [0.1, 0.15) is 40.9 Å². The van der Waals surface area contributed by atoms with Crippen LogP contribution in [-0.4, -0.2) is 126 Å². The van der Waals surface area contributed by atoms with Gasteiger partial charge in [0, 0.05) is 51.5 Å². The average Bonchev–Trinajstić information content (AvgIpc) is 3.84. The van der Waals surface area contributed by atoms with E-state index in [9.17, 15) is 29.5 Å². The summed E-state index contributed by atoms with van der Waals surface area (Å²) in [6.07, 6.45) is 1.74. The number of anilines is 1. The van der Waals surface area contributed by atoms with E-state index in [0.29, 0.717) is 29.4 Å². The van der Waals surface area contributed by atoms with Gasteiger partial charge in [-0.2, -0.15) is 11.8 Å². The number of benzene rings is 1. The maximum Gasteiger partial charge on any atom is 0.328 e. The molecule has 1 aromatic rings. The normalized spacial score (nSPS) is 20.2. The Morgan fingerprint density at radius 2 is 1.76 bits per heavy atom. The Bertz CT molecular complexity index is 1530. The third kappa shape index (κ3) is 14.3. The fraction of sp³-hybridized carbons (Fsp3) is 0.632. The van der Waals surface area contributed by atoms with Crippen LogP contribution in [0.15, 0.2) is 35.9 Å². The molecule has 0 bridgehead atoms. The second-order valence-electron chi connectivity index (χ2n) is 13.9. The van der Waals surface area contributed by atoms with Gasteiger partial charge in [-0.25, -0.2) is 9.68 Å². The second-order valence-corrected chi connectivity index (χ2v) is 15.5. The molecule has 1 aliphatic rings. The van der Waals surface area contributed by atoms with E-state index in [1.165, 1.54) is 42.6 Å². The van der Waals surface area contributed by atoms with Crippen molar-refractivity contribution in [3.05, 3.63) is 46.5 Å². The molecule has 0 radical (unpaired) electrons. The first-order valence-electron chi connectivity index (χ1n) is 18.0. The van der Waals surface area contributed by atoms with E-state index in [1.807, 2.05) is 32.1 Å². The van der Waals surface area contributed by atoms with Gasteiger partial charge in [0.25, 0.3) is 0 Å². The number of nitrogens with zero attached hydrogens (tertiary/aromatic N) is 2. The topological polar surface area (TPSA) is 211 Å². The van der Waals surface area contributed by atoms with Crippen LogP contribution in [0.1, 0.15) is 65.9 Å². The van der Waals surface area contributed by atoms with Gasteiger partial charge in [0.15, 0.2) is 0 Å². The number of ether oxygens (including phenoxy) is 4. The molecule has 15 nitrogen and oxygen atoms in total. The Balaban J connectivity index is 2.37. The number of carbonyl (C=O) groups is 4. The molecule has 0 aliphatic carbocycles. The van der Waals surface area contributed by atoms with E-state index in [4.69, 9.17) is 41.4 Å². The van der Waals surface area contributed by atoms with Crippen molar-refractivity contribution < 1.29 is 58.5 Å². The van der Waals surface area contributed by atoms with Gasteiger partial charge >= 0.3 is 11.9 Å². The molecular formula is C38H58ClN3O12S. The monoisotopic (exact) mass is 815 g/mol. The predicted molar refractivity (Wildman–Crippen MR) is 210 cm³/mol. The summed E-state index contributed by atoms with van der Waals surface area (Å²) in [6, 6.07) is 2.53. The zero-order chi connectivity index (χ0) is 41.6. The van der Waals surface area contributed by atoms with Crippen LogP contribution in [0.25, 0.3) is 0 Å². The predicted octanol–water partition coefficient (Wildman–Crippen LogP) is 4.46. The number of carboxylic acid groups (broad SMARTS) is 1. The highest BCUT2D eigenvalue weighted by Crippen LogP contribution is 2.48. The van der Waals surface area contributed by atoms with Crippen molar-refractivity contribution in [1.82, 2.24) is 4.90 Å². The number of carbonyl (C=O) groups excluding carboxylic acids is 3. The van der Waals surface area contributed by atoms with Crippen LogP contribution in [0.4, 0.5) is 5.69 Å². The van der Waals surface area contributed by atoms with Crippen molar-refractivity contribution in [2.24, 2.45) is 11.7 Å². The fourth-order valence-corrected chi connectivity index (χ4v) is 7.04. The molecule has 1 aromatic carbocycles. The van der Waals surface area contributed by atoms with Crippen molar-refractivity contribution in [3.63, 3.8) is 0 Å². The largest absolute Gasteiger partial charge is 0.495 e. The highest BCUT2D eigenvalue weighted by Gasteiger charge is 2.63. The smallest absolute Gasteiger partial charge is 0.328 e. The van der Waals surface area contributed by atoms with Crippen LogP contribution in [0.2, 0.25) is 5.02 Å². The van der Waals surface area contributed by atoms with Gasteiger partial charge in [-0.1, -0.05) is 42.3 Å². The number of aliphatic carboxylic acids is 1. The molecule has 1 heterocycles. The maximum absolute atomic E-state index is 14.1. The number of esters is 1. The fourth-order valence-electron chi connectivity index (χ4n) is 5.89. The van der Waals surface area contributed by atoms with Crippen molar-refractivity contribution in [2.45, 2.75) is 109 Å². The highest BCUT2D eigenvalue weighted by molar-refractivity contribution is 7.99. The number of aliphatic hydroxyl groups excluding tert-OH is 1. The van der Waals surface area contributed by atoms with Crippen molar-refractivity contribution in [2.75, 3.05) is 44.7 Å². The number of amides is 2. The molecule has 1 fully saturated rings. The minimum atomic E-state index is -1.29. The first-order valence-corrected chi connectivity index (χ1v) is 19.5. The molecular weight excluding hydrogens is 758 g/mol. The number of aliphatic hydroxyl groups is 1. The lowest BCUT2D eigenvalue weighted by molar-refractivity contribution is -0.294. The Hall–Kier alpha value is -3.22. The number of methoxy groups -OCH3 is 2. The SMILES string of the molecule is COc1cc(C/C(C)=C/C=C/[C@H](C)OC)cc(N(C)C(=O)C[C@H](OC(=O)[C@H](C)N(C)C(=O)CCSCCC(=O)O)[C@]2(C)O[C@H]2[C@H](C)[C@H](C[C@H](N)O)OO)c1Cl. The Labute approximate surface area is 333 Å². The Kier molecular flexibility index (Phi) is 19.6. The standard InChI is InChI=1S/C38H58ClN3O12S/c1-22(11-10-12-23(2)50-8)17-26-18-27(35(39)29(19-26)51-9)42(7)33(45)21-30(38(5)36(53-38)24(3)28(54-49)20-31(40)43)52-37(48)25(4)41(6)32(44)13-15-55-16-14-34(46)47/h10-12,18-19,23-25,28,30-31,36,43,49H,13-17,20-21,40H2,1-9H3,(H,46,47)/b12-10+,22-11+/t23-,24+,25-,28-,30-,31+,36-,38-/m0/s1. The first-order chi connectivity index (χ1) is 25.8. The van der Waals surface area contributed by atoms with E-state index in [0.717, 1.165) is 11.1 Å². The van der Waals surface area contributed by atoms with Crippen LogP contribution in [0.5, 0.6) is 5.75 Å². The number of thioether (sulfide) groups is 1. The van der Waals surface area contributed by atoms with Gasteiger partial charge in [-0.15, -0.1) is 0 Å². The van der Waals surface area contributed by atoms with Crippen LogP contribution in [-0.2, 0) is 44.7 Å². The summed E-state index contributed by atoms with van der Waals surface area (Å²) in [5, 5.41) is 28.4. The molecule has 0 unspecified atom stereocenters. The molecule has 5 N–H and O–H groups in total. The van der Waals surface area contributed by atoms with Gasteiger partial charge in [0.05, 0.1) is 37.8 Å². The number of hydrogen-bond acceptors (Lipinski definition) is 13. The van der Waals surface area contributed by atoms with Crippen molar-refractivity contribution in [3.8, 4) is 5.75 Å². The van der Waals surface area contributed by atoms with E-state index in [2.05, 4.69) is 4.89 Å². The number of rotatable bonds is 24. The number of hydrogen-bond donors (Lipinski definition) is 4. The van der Waals surface area contributed by atoms with Crippen LogP contribution in [0.3, 0.4) is 0 Å². The molecule has 0 spiro atoms. The molecule has 55 heavy (non-hydrogen) atoms. The zero-order valence-corrected chi connectivity index (χ0v) is 34.7. The number of carboxylic acids is 1. The lowest BCUT2D eigenvalue weighted by Gasteiger charge is -2.30. The van der Waals surface area contributed by atoms with Gasteiger partial charge in [-0.3, -0.25) is 19.6 Å². The van der Waals surface area contributed by atoms with Crippen molar-refractivity contribution >= 4 is 52.8 Å². The maximum atomic E-state index is 14.1. The van der Waals surface area contributed by atoms with Gasteiger partial charge in [-0.05, 0) is 51.8 Å². The summed E-state index contributed by atoms with van der Waals surface area (Å²) in [5.74, 6) is -2.03. The van der Waals surface area contributed by atoms with Crippen molar-refractivity contribution in [1.29, 1.82) is 0 Å². The number of nitrogens with two attached hydrogens (primary N) is 1. The summed E-state index contributed by atoms with van der Waals surface area (Å²) < 4.78 is 22.9. The van der Waals surface area contributed by atoms with E-state index in [-0.39, 0.29) is 42.7 Å². The molecule has 2 rings (SSSR count). The molecule has 310 valence electrons. The van der Waals surface area contributed by atoms with E-state index >= 15 is 0 Å². The van der Waals surface area contributed by atoms with E-state index in [1.54, 1.807) is 40.1 Å². The lowest BCUT2D eigenvalue weighted by atomic mass is 9.86. The number of allylic oxidation sites excluding steroid dienone is 3. The summed E-state index contributed by atoms with van der Waals surface area (Å²) in [4.78, 5) is 58.6. The summed E-state index contributed by atoms with van der Waals surface area (Å²) in [6.45, 7) is 8.76. The first kappa shape index (κ1) is 47.9. The minimum Gasteiger partial charge on any atom is -0.495 e. The molecule has 1 saturated heterocycles. The van der Waals surface area contributed by atoms with Gasteiger partial charge < -0.3 is 44.7 Å². The molecule has 2 amide bonds. The minimum absolute atomic E-state index is 0.0275. The van der Waals surface area contributed by atoms with Crippen LogP contribution < -0.4 is 15.4 Å². The third-order valence-electron chi connectivity index (χ3n) is 9.71. The van der Waals surface area contributed by atoms with E-state index < -0.39 is 59.9 Å².